The third-order valence-corrected chi connectivity index (χ3v) is 2.27. The van der Waals surface area contributed by atoms with Crippen molar-refractivity contribution in [3.8, 4) is 0 Å². The van der Waals surface area contributed by atoms with Gasteiger partial charge in [-0.25, -0.2) is 0 Å². The fourth-order valence-corrected chi connectivity index (χ4v) is 1.45. The van der Waals surface area contributed by atoms with Crippen LogP contribution in [0.4, 0.5) is 0 Å². The molecule has 0 fully saturated rings. The molecule has 0 aromatic rings. The maximum atomic E-state index is 11.9. The highest BCUT2D eigenvalue weighted by Crippen LogP contribution is 2.09. The zero-order chi connectivity index (χ0) is 13.4. The molecule has 0 bridgehead atoms. The van der Waals surface area contributed by atoms with Gasteiger partial charge in [0.2, 0.25) is 17.7 Å². The first-order chi connectivity index (χ1) is 7.88. The SMILES string of the molecule is CC(CCCN)C(=O)N(CC(N)=O)CC(N)=O. The van der Waals surface area contributed by atoms with E-state index in [1.165, 1.54) is 0 Å². The number of carbonyl (C=O) groups excluding carboxylic acids is 3. The van der Waals surface area contributed by atoms with Gasteiger partial charge in [-0.3, -0.25) is 14.4 Å². The molecule has 0 rings (SSSR count). The standard InChI is InChI=1S/C10H20N4O3/c1-7(3-2-4-11)10(17)14(5-8(12)15)6-9(13)16/h7H,2-6,11H2,1H3,(H2,12,15)(H2,13,16). The van der Waals surface area contributed by atoms with Gasteiger partial charge in [-0.05, 0) is 19.4 Å². The minimum absolute atomic E-state index is 0.297. The summed E-state index contributed by atoms with van der Waals surface area (Å²) in [5, 5.41) is 0. The van der Waals surface area contributed by atoms with E-state index in [0.717, 1.165) is 4.90 Å². The largest absolute Gasteiger partial charge is 0.368 e. The Balaban J connectivity index is 4.49. The molecule has 0 saturated heterocycles. The molecule has 0 heterocycles. The van der Waals surface area contributed by atoms with Crippen molar-refractivity contribution in [1.82, 2.24) is 4.90 Å². The second kappa shape index (κ2) is 7.61. The molecule has 0 aliphatic rings. The average Bonchev–Trinajstić information content (AvgIpc) is 2.22. The molecule has 0 aromatic heterocycles. The second-order valence-electron chi connectivity index (χ2n) is 3.96. The lowest BCUT2D eigenvalue weighted by Gasteiger charge is -2.23. The summed E-state index contributed by atoms with van der Waals surface area (Å²) < 4.78 is 0. The van der Waals surface area contributed by atoms with Crippen LogP contribution in [-0.2, 0) is 14.4 Å². The van der Waals surface area contributed by atoms with Gasteiger partial charge in [-0.1, -0.05) is 6.92 Å². The Morgan fingerprint density at radius 1 is 1.12 bits per heavy atom. The van der Waals surface area contributed by atoms with Gasteiger partial charge in [-0.2, -0.15) is 0 Å². The second-order valence-corrected chi connectivity index (χ2v) is 3.96. The first-order valence-corrected chi connectivity index (χ1v) is 5.44. The van der Waals surface area contributed by atoms with Crippen LogP contribution in [-0.4, -0.2) is 42.3 Å². The van der Waals surface area contributed by atoms with Gasteiger partial charge >= 0.3 is 0 Å². The van der Waals surface area contributed by atoms with Gasteiger partial charge in [0.25, 0.3) is 0 Å². The van der Waals surface area contributed by atoms with Gasteiger partial charge in [0.05, 0.1) is 13.1 Å². The van der Waals surface area contributed by atoms with Gasteiger partial charge in [0, 0.05) is 5.92 Å². The van der Waals surface area contributed by atoms with E-state index < -0.39 is 11.8 Å². The summed E-state index contributed by atoms with van der Waals surface area (Å²) in [4.78, 5) is 34.5. The summed E-state index contributed by atoms with van der Waals surface area (Å²) in [6, 6.07) is 0. The molecule has 1 atom stereocenters. The number of hydrogen-bond donors (Lipinski definition) is 3. The van der Waals surface area contributed by atoms with E-state index in [2.05, 4.69) is 0 Å². The third-order valence-electron chi connectivity index (χ3n) is 2.27. The number of hydrogen-bond acceptors (Lipinski definition) is 4. The van der Waals surface area contributed by atoms with E-state index in [0.29, 0.717) is 19.4 Å². The molecule has 0 aliphatic carbocycles. The van der Waals surface area contributed by atoms with E-state index in [4.69, 9.17) is 17.2 Å². The van der Waals surface area contributed by atoms with Crippen LogP contribution in [0.15, 0.2) is 0 Å². The van der Waals surface area contributed by atoms with Gasteiger partial charge < -0.3 is 22.1 Å². The van der Waals surface area contributed by atoms with Crippen LogP contribution in [0.25, 0.3) is 0 Å². The molecule has 7 heteroatoms. The molecule has 0 spiro atoms. The molecule has 0 saturated carbocycles. The van der Waals surface area contributed by atoms with Crippen molar-refractivity contribution < 1.29 is 14.4 Å². The van der Waals surface area contributed by atoms with Gasteiger partial charge in [0.15, 0.2) is 0 Å². The Kier molecular flexibility index (Phi) is 6.88. The Bertz CT molecular complexity index is 277. The number of nitrogens with zero attached hydrogens (tertiary/aromatic N) is 1. The molecular formula is C10H20N4O3. The van der Waals surface area contributed by atoms with E-state index in [-0.39, 0.29) is 24.9 Å². The highest BCUT2D eigenvalue weighted by molar-refractivity contribution is 5.88. The Labute approximate surface area is 100 Å². The fraction of sp³-hybridized carbons (Fsp3) is 0.700. The van der Waals surface area contributed by atoms with Crippen LogP contribution in [0.5, 0.6) is 0 Å². The van der Waals surface area contributed by atoms with Crippen LogP contribution in [0.3, 0.4) is 0 Å². The maximum absolute atomic E-state index is 11.9. The first-order valence-electron chi connectivity index (χ1n) is 5.44. The number of nitrogens with two attached hydrogens (primary N) is 3. The van der Waals surface area contributed by atoms with E-state index in [1.807, 2.05) is 0 Å². The highest BCUT2D eigenvalue weighted by Gasteiger charge is 2.22. The van der Waals surface area contributed by atoms with Crippen molar-refractivity contribution in [2.45, 2.75) is 19.8 Å². The normalized spacial score (nSPS) is 11.9. The van der Waals surface area contributed by atoms with Crippen LogP contribution < -0.4 is 17.2 Å². The fourth-order valence-electron chi connectivity index (χ4n) is 1.45. The summed E-state index contributed by atoms with van der Waals surface area (Å²) >= 11 is 0. The zero-order valence-corrected chi connectivity index (χ0v) is 10.0. The predicted octanol–water partition coefficient (Wildman–Crippen LogP) is -1.84. The quantitative estimate of drug-likeness (QED) is 0.462. The van der Waals surface area contributed by atoms with Crippen molar-refractivity contribution in [2.24, 2.45) is 23.1 Å². The van der Waals surface area contributed by atoms with Crippen molar-refractivity contribution in [2.75, 3.05) is 19.6 Å². The predicted molar refractivity (Wildman–Crippen MR) is 62.4 cm³/mol. The number of carbonyl (C=O) groups is 3. The molecule has 7 nitrogen and oxygen atoms in total. The summed E-state index contributed by atoms with van der Waals surface area (Å²) in [5.41, 5.74) is 15.3. The summed E-state index contributed by atoms with van der Waals surface area (Å²) in [6.07, 6.45) is 1.30. The number of amides is 3. The van der Waals surface area contributed by atoms with Crippen LogP contribution in [0.2, 0.25) is 0 Å². The van der Waals surface area contributed by atoms with E-state index >= 15 is 0 Å². The minimum atomic E-state index is -0.675. The molecule has 1 unspecified atom stereocenters. The van der Waals surface area contributed by atoms with Crippen LogP contribution in [0.1, 0.15) is 19.8 Å². The maximum Gasteiger partial charge on any atom is 0.237 e. The Morgan fingerprint density at radius 2 is 1.59 bits per heavy atom. The number of primary amides is 2. The van der Waals surface area contributed by atoms with Crippen molar-refractivity contribution in [1.29, 1.82) is 0 Å². The van der Waals surface area contributed by atoms with Gasteiger partial charge in [0.1, 0.15) is 0 Å². The van der Waals surface area contributed by atoms with Crippen molar-refractivity contribution >= 4 is 17.7 Å². The van der Waals surface area contributed by atoms with Crippen molar-refractivity contribution in [3.63, 3.8) is 0 Å². The highest BCUT2D eigenvalue weighted by atomic mass is 16.2. The Morgan fingerprint density at radius 3 is 1.94 bits per heavy atom. The molecule has 0 aromatic carbocycles. The summed E-state index contributed by atoms with van der Waals surface area (Å²) in [7, 11) is 0. The molecule has 6 N–H and O–H groups in total. The molecule has 3 amide bonds. The molecule has 0 aliphatic heterocycles. The third kappa shape index (κ3) is 6.52. The lowest BCUT2D eigenvalue weighted by Crippen LogP contribution is -2.45. The van der Waals surface area contributed by atoms with E-state index in [1.54, 1.807) is 6.92 Å². The lowest BCUT2D eigenvalue weighted by atomic mass is 10.0. The average molecular weight is 244 g/mol. The summed E-state index contributed by atoms with van der Waals surface area (Å²) in [5.74, 6) is -1.97. The van der Waals surface area contributed by atoms with Crippen molar-refractivity contribution in [3.05, 3.63) is 0 Å². The van der Waals surface area contributed by atoms with Crippen LogP contribution in [0, 0.1) is 5.92 Å². The topological polar surface area (TPSA) is 133 Å². The smallest absolute Gasteiger partial charge is 0.237 e. The van der Waals surface area contributed by atoms with Crippen LogP contribution >= 0.6 is 0 Å². The molecule has 98 valence electrons. The minimum Gasteiger partial charge on any atom is -0.368 e. The summed E-state index contributed by atoms with van der Waals surface area (Å²) in [6.45, 7) is 1.61. The van der Waals surface area contributed by atoms with Gasteiger partial charge in [-0.15, -0.1) is 0 Å². The zero-order valence-electron chi connectivity index (χ0n) is 10.0. The van der Waals surface area contributed by atoms with E-state index in [9.17, 15) is 14.4 Å². The Hall–Kier alpha value is -1.63. The first kappa shape index (κ1) is 15.4. The molecule has 0 radical (unpaired) electrons. The monoisotopic (exact) mass is 244 g/mol. The number of rotatable bonds is 8. The molecular weight excluding hydrogens is 224 g/mol. The molecule has 17 heavy (non-hydrogen) atoms. The lowest BCUT2D eigenvalue weighted by molar-refractivity contribution is -0.141.